The Labute approximate surface area is 65.9 Å². The molecule has 0 aromatic heterocycles. The van der Waals surface area contributed by atoms with Gasteiger partial charge < -0.3 is 0 Å². The van der Waals surface area contributed by atoms with Crippen LogP contribution in [-0.2, 0) is 0 Å². The van der Waals surface area contributed by atoms with Gasteiger partial charge >= 0.3 is 0 Å². The third kappa shape index (κ3) is 1.76. The van der Waals surface area contributed by atoms with Gasteiger partial charge in [0.25, 0.3) is 0 Å². The third-order valence-electron chi connectivity index (χ3n) is 1.23. The number of nitrogens with zero attached hydrogens (tertiary/aromatic N) is 1. The van der Waals surface area contributed by atoms with Gasteiger partial charge in [0.2, 0.25) is 0 Å². The Morgan fingerprint density at radius 3 is 2.50 bits per heavy atom. The van der Waals surface area contributed by atoms with Crippen molar-refractivity contribution < 1.29 is 0 Å². The lowest BCUT2D eigenvalue weighted by Gasteiger charge is -2.20. The van der Waals surface area contributed by atoms with E-state index >= 15 is 0 Å². The van der Waals surface area contributed by atoms with Gasteiger partial charge in [-0.25, -0.2) is 4.99 Å². The molecule has 0 aliphatic carbocycles. The first-order valence-electron chi connectivity index (χ1n) is 3.25. The van der Waals surface area contributed by atoms with Gasteiger partial charge in [-0.15, -0.1) is 0 Å². The molecule has 0 saturated carbocycles. The van der Waals surface area contributed by atoms with Gasteiger partial charge in [-0.2, -0.15) is 0 Å². The van der Waals surface area contributed by atoms with Crippen molar-refractivity contribution in [1.29, 1.82) is 0 Å². The lowest BCUT2D eigenvalue weighted by atomic mass is 9.97. The Morgan fingerprint density at radius 1 is 1.50 bits per heavy atom. The summed E-state index contributed by atoms with van der Waals surface area (Å²) in [5, 5.41) is 1.89. The third-order valence-corrected chi connectivity index (χ3v) is 2.43. The van der Waals surface area contributed by atoms with Crippen LogP contribution in [0.5, 0.6) is 0 Å². The minimum atomic E-state index is 0.229. The molecule has 0 spiro atoms. The van der Waals surface area contributed by atoms with Crippen molar-refractivity contribution in [3.05, 3.63) is 16.5 Å². The maximum absolute atomic E-state index is 3.94. The zero-order chi connectivity index (χ0) is 7.61. The predicted octanol–water partition coefficient (Wildman–Crippen LogP) is 2.80. The average molecular weight is 153 g/mol. The minimum Gasteiger partial charge on any atom is -0.213 e. The van der Waals surface area contributed by atoms with Crippen LogP contribution in [0.1, 0.15) is 20.8 Å². The second-order valence-electron chi connectivity index (χ2n) is 3.24. The molecule has 0 aromatic carbocycles. The van der Waals surface area contributed by atoms with Crippen molar-refractivity contribution in [2.75, 3.05) is 0 Å². The fraction of sp³-hybridized carbons (Fsp3) is 0.500. The van der Waals surface area contributed by atoms with Crippen LogP contribution in [0.2, 0.25) is 0 Å². The van der Waals surface area contributed by atoms with E-state index in [1.807, 2.05) is 11.6 Å². The van der Waals surface area contributed by atoms with Crippen molar-refractivity contribution in [2.45, 2.75) is 20.8 Å². The molecule has 0 atom stereocenters. The maximum atomic E-state index is 3.94. The van der Waals surface area contributed by atoms with Gasteiger partial charge in [-0.3, -0.25) is 0 Å². The lowest BCUT2D eigenvalue weighted by molar-refractivity contribution is 0.532. The van der Waals surface area contributed by atoms with E-state index in [2.05, 4.69) is 31.6 Å². The number of aliphatic imine (C=N–C) groups is 1. The van der Waals surface area contributed by atoms with E-state index in [4.69, 9.17) is 0 Å². The van der Waals surface area contributed by atoms with Crippen LogP contribution in [0.25, 0.3) is 0 Å². The molecule has 2 heteroatoms. The van der Waals surface area contributed by atoms with Crippen molar-refractivity contribution >= 4 is 17.6 Å². The normalized spacial score (nSPS) is 17.3. The molecule has 10 heavy (non-hydrogen) atoms. The molecule has 0 amide bonds. The van der Waals surface area contributed by atoms with Gasteiger partial charge in [-0.05, 0) is 11.3 Å². The molecule has 1 heterocycles. The summed E-state index contributed by atoms with van der Waals surface area (Å²) in [6, 6.07) is 0. The van der Waals surface area contributed by atoms with E-state index in [1.165, 1.54) is 4.91 Å². The lowest BCUT2D eigenvalue weighted by Crippen LogP contribution is -2.06. The Hall–Kier alpha value is -0.460. The fourth-order valence-electron chi connectivity index (χ4n) is 0.617. The zero-order valence-electron chi connectivity index (χ0n) is 6.51. The van der Waals surface area contributed by atoms with Crippen LogP contribution in [0.15, 0.2) is 21.5 Å². The predicted molar refractivity (Wildman–Crippen MR) is 47.1 cm³/mol. The van der Waals surface area contributed by atoms with Crippen molar-refractivity contribution in [2.24, 2.45) is 10.4 Å². The van der Waals surface area contributed by atoms with E-state index in [1.54, 1.807) is 11.8 Å². The monoisotopic (exact) mass is 153 g/mol. The molecule has 1 nitrogen and oxygen atoms in total. The molecule has 0 unspecified atom stereocenters. The van der Waals surface area contributed by atoms with E-state index in [9.17, 15) is 0 Å². The van der Waals surface area contributed by atoms with Crippen LogP contribution in [-0.4, -0.2) is 5.87 Å². The Balaban J connectivity index is 2.79. The van der Waals surface area contributed by atoms with E-state index in [-0.39, 0.29) is 5.41 Å². The highest BCUT2D eigenvalue weighted by Crippen LogP contribution is 2.35. The first-order chi connectivity index (χ1) is 4.61. The van der Waals surface area contributed by atoms with Crippen molar-refractivity contribution in [3.63, 3.8) is 0 Å². The highest BCUT2D eigenvalue weighted by Gasteiger charge is 2.17. The van der Waals surface area contributed by atoms with E-state index in [0.29, 0.717) is 0 Å². The van der Waals surface area contributed by atoms with Gasteiger partial charge in [0.05, 0.1) is 0 Å². The Kier molecular flexibility index (Phi) is 2.02. The summed E-state index contributed by atoms with van der Waals surface area (Å²) in [5.74, 6) is 2.77. The maximum Gasteiger partial charge on any atom is 0.0472 e. The van der Waals surface area contributed by atoms with Crippen molar-refractivity contribution in [1.82, 2.24) is 0 Å². The summed E-state index contributed by atoms with van der Waals surface area (Å²) >= 11 is 1.70. The smallest absolute Gasteiger partial charge is 0.0472 e. The average Bonchev–Trinajstić information content (AvgIpc) is 1.88. The molecule has 1 aliphatic heterocycles. The number of hydrogen-bond donors (Lipinski definition) is 0. The highest BCUT2D eigenvalue weighted by atomic mass is 32.2. The fourth-order valence-corrected chi connectivity index (χ4v) is 1.32. The molecule has 0 saturated heterocycles. The quantitative estimate of drug-likeness (QED) is 0.521. The molecular weight excluding hydrogens is 142 g/mol. The molecule has 0 bridgehead atoms. The van der Waals surface area contributed by atoms with Crippen LogP contribution in [0, 0.1) is 5.41 Å². The summed E-state index contributed by atoms with van der Waals surface area (Å²) in [4.78, 5) is 5.23. The molecule has 0 fully saturated rings. The van der Waals surface area contributed by atoms with Crippen LogP contribution in [0.4, 0.5) is 0 Å². The first kappa shape index (κ1) is 7.64. The molecule has 1 aliphatic rings. The van der Waals surface area contributed by atoms with Gasteiger partial charge in [-0.1, -0.05) is 32.5 Å². The minimum absolute atomic E-state index is 0.229. The van der Waals surface area contributed by atoms with E-state index in [0.717, 1.165) is 0 Å². The molecule has 54 valence electrons. The first-order valence-corrected chi connectivity index (χ1v) is 4.13. The number of rotatable bonds is 0. The Bertz CT molecular complexity index is 214. The van der Waals surface area contributed by atoms with Crippen LogP contribution in [0.3, 0.4) is 0 Å². The molecule has 0 N–H and O–H groups in total. The number of hydrogen-bond acceptors (Lipinski definition) is 2. The SMILES string of the molecule is CC(C)(C)C1=CN=C=CS1. The van der Waals surface area contributed by atoms with Crippen LogP contribution < -0.4 is 0 Å². The standard InChI is InChI=1S/C8H11NS/c1-8(2,3)7-6-9-4-5-10-7/h5-6H,1-3H3. The van der Waals surface area contributed by atoms with E-state index < -0.39 is 0 Å². The second kappa shape index (κ2) is 2.65. The molecule has 0 aromatic rings. The summed E-state index contributed by atoms with van der Waals surface area (Å²) in [5.41, 5.74) is 0.229. The topological polar surface area (TPSA) is 12.4 Å². The zero-order valence-corrected chi connectivity index (χ0v) is 7.33. The summed E-state index contributed by atoms with van der Waals surface area (Å²) in [7, 11) is 0. The summed E-state index contributed by atoms with van der Waals surface area (Å²) in [6.07, 6.45) is 1.88. The largest absolute Gasteiger partial charge is 0.213 e. The number of allylic oxidation sites excluding steroid dienone is 1. The number of thioether (sulfide) groups is 1. The van der Waals surface area contributed by atoms with Crippen molar-refractivity contribution in [3.8, 4) is 0 Å². The van der Waals surface area contributed by atoms with Gasteiger partial charge in [0, 0.05) is 16.5 Å². The van der Waals surface area contributed by atoms with Crippen LogP contribution >= 0.6 is 11.8 Å². The Morgan fingerprint density at radius 2 is 2.20 bits per heavy atom. The molecule has 1 rings (SSSR count). The summed E-state index contributed by atoms with van der Waals surface area (Å²) < 4.78 is 0. The summed E-state index contributed by atoms with van der Waals surface area (Å²) in [6.45, 7) is 6.54. The molecular formula is C8H11NS. The molecule has 0 radical (unpaired) electrons. The van der Waals surface area contributed by atoms with Gasteiger partial charge in [0.15, 0.2) is 0 Å². The second-order valence-corrected chi connectivity index (χ2v) is 4.15. The van der Waals surface area contributed by atoms with Gasteiger partial charge in [0.1, 0.15) is 0 Å². The highest BCUT2D eigenvalue weighted by molar-refractivity contribution is 8.06.